The first-order chi connectivity index (χ1) is 5.77. The summed E-state index contributed by atoms with van der Waals surface area (Å²) in [6.07, 6.45) is 1.80. The normalized spacial score (nSPS) is 9.92. The molecule has 0 saturated carbocycles. The molecule has 3 nitrogen and oxygen atoms in total. The highest BCUT2D eigenvalue weighted by Gasteiger charge is 2.03. The molecule has 0 atom stereocenters. The van der Waals surface area contributed by atoms with E-state index in [1.165, 1.54) is 0 Å². The molecule has 0 unspecified atom stereocenters. The number of aromatic nitrogens is 2. The SMILES string of the molecule is CCN(CC)c1nccc(C)n1. The fourth-order valence-corrected chi connectivity index (χ4v) is 1.09. The molecule has 1 heterocycles. The van der Waals surface area contributed by atoms with Crippen molar-refractivity contribution < 1.29 is 0 Å². The number of anilines is 1. The third-order valence-corrected chi connectivity index (χ3v) is 1.83. The lowest BCUT2D eigenvalue weighted by molar-refractivity contribution is 0.816. The minimum absolute atomic E-state index is 0.833. The number of nitrogens with zero attached hydrogens (tertiary/aromatic N) is 3. The van der Waals surface area contributed by atoms with Gasteiger partial charge in [0.15, 0.2) is 0 Å². The van der Waals surface area contributed by atoms with Crippen molar-refractivity contribution in [3.8, 4) is 0 Å². The smallest absolute Gasteiger partial charge is 0.225 e. The summed E-state index contributed by atoms with van der Waals surface area (Å²) in [4.78, 5) is 10.7. The topological polar surface area (TPSA) is 29.0 Å². The Bertz CT molecular complexity index is 243. The molecular formula is C9H15N3. The molecule has 3 heteroatoms. The van der Waals surface area contributed by atoms with Gasteiger partial charge in [-0.2, -0.15) is 0 Å². The molecule has 0 spiro atoms. The maximum Gasteiger partial charge on any atom is 0.225 e. The summed E-state index contributed by atoms with van der Waals surface area (Å²) in [5.74, 6) is 0.833. The van der Waals surface area contributed by atoms with Crippen molar-refractivity contribution in [3.05, 3.63) is 18.0 Å². The Labute approximate surface area is 73.5 Å². The van der Waals surface area contributed by atoms with Crippen molar-refractivity contribution >= 4 is 5.95 Å². The molecule has 0 amide bonds. The highest BCUT2D eigenvalue weighted by Crippen LogP contribution is 2.05. The second-order valence-corrected chi connectivity index (χ2v) is 2.67. The molecule has 0 aliphatic rings. The summed E-state index contributed by atoms with van der Waals surface area (Å²) in [6, 6.07) is 1.91. The van der Waals surface area contributed by atoms with Crippen LogP contribution >= 0.6 is 0 Å². The second kappa shape index (κ2) is 4.04. The summed E-state index contributed by atoms with van der Waals surface area (Å²) < 4.78 is 0. The molecule has 0 saturated heterocycles. The summed E-state index contributed by atoms with van der Waals surface area (Å²) in [5.41, 5.74) is 1.02. The van der Waals surface area contributed by atoms with E-state index in [1.807, 2.05) is 13.0 Å². The Balaban J connectivity index is 2.85. The number of aryl methyl sites for hydroxylation is 1. The number of hydrogen-bond donors (Lipinski definition) is 0. The first-order valence-corrected chi connectivity index (χ1v) is 4.32. The second-order valence-electron chi connectivity index (χ2n) is 2.67. The van der Waals surface area contributed by atoms with Crippen LogP contribution < -0.4 is 4.90 Å². The van der Waals surface area contributed by atoms with Crippen LogP contribution in [0.4, 0.5) is 5.95 Å². The first-order valence-electron chi connectivity index (χ1n) is 4.32. The van der Waals surface area contributed by atoms with E-state index in [0.717, 1.165) is 24.7 Å². The summed E-state index contributed by atoms with van der Waals surface area (Å²) in [6.45, 7) is 8.11. The zero-order chi connectivity index (χ0) is 8.97. The van der Waals surface area contributed by atoms with Crippen LogP contribution in [0.1, 0.15) is 19.5 Å². The lowest BCUT2D eigenvalue weighted by Gasteiger charge is -2.17. The van der Waals surface area contributed by atoms with Gasteiger partial charge < -0.3 is 4.90 Å². The molecule has 12 heavy (non-hydrogen) atoms. The molecule has 1 rings (SSSR count). The van der Waals surface area contributed by atoms with Crippen molar-refractivity contribution in [2.75, 3.05) is 18.0 Å². The number of rotatable bonds is 3. The summed E-state index contributed by atoms with van der Waals surface area (Å²) in [5, 5.41) is 0. The Morgan fingerprint density at radius 1 is 1.33 bits per heavy atom. The predicted octanol–water partition coefficient (Wildman–Crippen LogP) is 1.63. The van der Waals surface area contributed by atoms with Crippen LogP contribution in [0.2, 0.25) is 0 Å². The van der Waals surface area contributed by atoms with Crippen LogP contribution in [0, 0.1) is 6.92 Å². The molecule has 0 aromatic carbocycles. The van der Waals surface area contributed by atoms with Gasteiger partial charge in [-0.05, 0) is 26.8 Å². The van der Waals surface area contributed by atoms with E-state index in [2.05, 4.69) is 28.7 Å². The van der Waals surface area contributed by atoms with Gasteiger partial charge in [0.05, 0.1) is 0 Å². The summed E-state index contributed by atoms with van der Waals surface area (Å²) >= 11 is 0. The lowest BCUT2D eigenvalue weighted by Crippen LogP contribution is -2.24. The first kappa shape index (κ1) is 8.97. The van der Waals surface area contributed by atoms with Gasteiger partial charge >= 0.3 is 0 Å². The highest BCUT2D eigenvalue weighted by molar-refractivity contribution is 5.29. The molecule has 1 aromatic rings. The Morgan fingerprint density at radius 2 is 2.00 bits per heavy atom. The molecule has 0 aliphatic heterocycles. The molecule has 0 radical (unpaired) electrons. The van der Waals surface area contributed by atoms with Gasteiger partial charge in [-0.25, -0.2) is 9.97 Å². The fourth-order valence-electron chi connectivity index (χ4n) is 1.09. The quantitative estimate of drug-likeness (QED) is 0.681. The van der Waals surface area contributed by atoms with Crippen LogP contribution in [-0.2, 0) is 0 Å². The van der Waals surface area contributed by atoms with Crippen molar-refractivity contribution in [3.63, 3.8) is 0 Å². The van der Waals surface area contributed by atoms with E-state index in [4.69, 9.17) is 0 Å². The minimum atomic E-state index is 0.833. The minimum Gasteiger partial charge on any atom is -0.341 e. The van der Waals surface area contributed by atoms with E-state index >= 15 is 0 Å². The van der Waals surface area contributed by atoms with Crippen molar-refractivity contribution in [1.82, 2.24) is 9.97 Å². The number of hydrogen-bond acceptors (Lipinski definition) is 3. The molecule has 0 bridgehead atoms. The molecule has 1 aromatic heterocycles. The van der Waals surface area contributed by atoms with E-state index < -0.39 is 0 Å². The van der Waals surface area contributed by atoms with E-state index in [1.54, 1.807) is 6.20 Å². The van der Waals surface area contributed by atoms with E-state index in [-0.39, 0.29) is 0 Å². The van der Waals surface area contributed by atoms with Crippen molar-refractivity contribution in [2.24, 2.45) is 0 Å². The third kappa shape index (κ3) is 1.94. The average Bonchev–Trinajstić information content (AvgIpc) is 2.07. The maximum absolute atomic E-state index is 4.33. The Hall–Kier alpha value is -1.12. The zero-order valence-electron chi connectivity index (χ0n) is 7.91. The van der Waals surface area contributed by atoms with Crippen LogP contribution in [0.5, 0.6) is 0 Å². The average molecular weight is 165 g/mol. The van der Waals surface area contributed by atoms with Crippen LogP contribution in [0.15, 0.2) is 12.3 Å². The monoisotopic (exact) mass is 165 g/mol. The lowest BCUT2D eigenvalue weighted by atomic mass is 10.4. The van der Waals surface area contributed by atoms with Crippen molar-refractivity contribution in [2.45, 2.75) is 20.8 Å². The van der Waals surface area contributed by atoms with Gasteiger partial charge in [0.2, 0.25) is 5.95 Å². The molecule has 0 N–H and O–H groups in total. The summed E-state index contributed by atoms with van der Waals surface area (Å²) in [7, 11) is 0. The van der Waals surface area contributed by atoms with Gasteiger partial charge in [-0.3, -0.25) is 0 Å². The van der Waals surface area contributed by atoms with Crippen LogP contribution in [0.3, 0.4) is 0 Å². The fraction of sp³-hybridized carbons (Fsp3) is 0.556. The predicted molar refractivity (Wildman–Crippen MR) is 50.3 cm³/mol. The third-order valence-electron chi connectivity index (χ3n) is 1.83. The van der Waals surface area contributed by atoms with Crippen molar-refractivity contribution in [1.29, 1.82) is 0 Å². The Kier molecular flexibility index (Phi) is 3.02. The van der Waals surface area contributed by atoms with Crippen LogP contribution in [0.25, 0.3) is 0 Å². The molecule has 0 fully saturated rings. The maximum atomic E-state index is 4.33. The largest absolute Gasteiger partial charge is 0.341 e. The standard InChI is InChI=1S/C9H15N3/c1-4-12(5-2)9-10-7-6-8(3)11-9/h6-7H,4-5H2,1-3H3. The van der Waals surface area contributed by atoms with Gasteiger partial charge in [-0.15, -0.1) is 0 Å². The van der Waals surface area contributed by atoms with Gasteiger partial charge in [0, 0.05) is 25.0 Å². The molecular weight excluding hydrogens is 150 g/mol. The molecule has 66 valence electrons. The van der Waals surface area contributed by atoms with Gasteiger partial charge in [-0.1, -0.05) is 0 Å². The van der Waals surface area contributed by atoms with Crippen LogP contribution in [-0.4, -0.2) is 23.1 Å². The van der Waals surface area contributed by atoms with E-state index in [9.17, 15) is 0 Å². The van der Waals surface area contributed by atoms with Gasteiger partial charge in [0.1, 0.15) is 0 Å². The highest BCUT2D eigenvalue weighted by atomic mass is 15.2. The zero-order valence-corrected chi connectivity index (χ0v) is 7.91. The Morgan fingerprint density at radius 3 is 2.50 bits per heavy atom. The van der Waals surface area contributed by atoms with E-state index in [0.29, 0.717) is 0 Å². The molecule has 0 aliphatic carbocycles. The van der Waals surface area contributed by atoms with Gasteiger partial charge in [0.25, 0.3) is 0 Å².